The molecule has 1 aromatic carbocycles. The molecule has 4 heteroatoms. The van der Waals surface area contributed by atoms with Crippen LogP contribution in [0.15, 0.2) is 24.3 Å². The molecule has 0 spiro atoms. The smallest absolute Gasteiger partial charge is 0.322 e. The average Bonchev–Trinajstić information content (AvgIpc) is 2.50. The first-order valence-corrected chi connectivity index (χ1v) is 7.70. The van der Waals surface area contributed by atoms with E-state index in [1.54, 1.807) is 0 Å². The van der Waals surface area contributed by atoms with Gasteiger partial charge in [0.15, 0.2) is 0 Å². The number of carbonyl (C=O) groups is 1. The van der Waals surface area contributed by atoms with Gasteiger partial charge >= 0.3 is 5.97 Å². The number of hydrogen-bond acceptors (Lipinski definition) is 4. The van der Waals surface area contributed by atoms with Gasteiger partial charge in [-0.25, -0.2) is 0 Å². The summed E-state index contributed by atoms with van der Waals surface area (Å²) in [5.41, 5.74) is 8.51. The van der Waals surface area contributed by atoms with E-state index in [4.69, 9.17) is 5.73 Å². The third-order valence-corrected chi connectivity index (χ3v) is 4.33. The maximum atomic E-state index is 11.4. The molecule has 0 amide bonds. The van der Waals surface area contributed by atoms with Gasteiger partial charge in [0.05, 0.1) is 7.11 Å². The van der Waals surface area contributed by atoms with Gasteiger partial charge in [-0.2, -0.15) is 0 Å². The van der Waals surface area contributed by atoms with E-state index in [0.717, 1.165) is 38.9 Å². The Labute approximate surface area is 127 Å². The van der Waals surface area contributed by atoms with Crippen LogP contribution < -0.4 is 5.73 Å². The molecule has 1 aliphatic heterocycles. The third kappa shape index (κ3) is 4.83. The normalized spacial score (nSPS) is 18.4. The van der Waals surface area contributed by atoms with Crippen molar-refractivity contribution in [3.8, 4) is 0 Å². The highest BCUT2D eigenvalue weighted by atomic mass is 16.5. The summed E-state index contributed by atoms with van der Waals surface area (Å²) >= 11 is 0. The molecule has 1 unspecified atom stereocenters. The molecule has 1 aromatic rings. The standard InChI is InChI=1S/C17H26N2O2/c1-13-3-5-15(6-4-13)12-19-9-7-14(8-10-19)11-16(18)17(20)21-2/h3-6,14,16H,7-12,18H2,1-2H3. The number of aryl methyl sites for hydroxylation is 1. The Bertz CT molecular complexity index is 450. The van der Waals surface area contributed by atoms with Crippen molar-refractivity contribution < 1.29 is 9.53 Å². The van der Waals surface area contributed by atoms with E-state index in [-0.39, 0.29) is 5.97 Å². The number of methoxy groups -OCH3 is 1. The first-order valence-electron chi connectivity index (χ1n) is 7.70. The molecule has 0 aliphatic carbocycles. The van der Waals surface area contributed by atoms with Gasteiger partial charge in [0.2, 0.25) is 0 Å². The highest BCUT2D eigenvalue weighted by Crippen LogP contribution is 2.23. The molecule has 2 rings (SSSR count). The predicted molar refractivity (Wildman–Crippen MR) is 83.8 cm³/mol. The number of piperidine rings is 1. The van der Waals surface area contributed by atoms with E-state index in [2.05, 4.69) is 40.8 Å². The molecule has 4 nitrogen and oxygen atoms in total. The minimum absolute atomic E-state index is 0.294. The number of carbonyl (C=O) groups excluding carboxylic acids is 1. The van der Waals surface area contributed by atoms with Crippen LogP contribution in [0.3, 0.4) is 0 Å². The first-order chi connectivity index (χ1) is 10.1. The Morgan fingerprint density at radius 1 is 1.33 bits per heavy atom. The number of hydrogen-bond donors (Lipinski definition) is 1. The van der Waals surface area contributed by atoms with Gasteiger partial charge in [0.1, 0.15) is 6.04 Å². The van der Waals surface area contributed by atoms with Gasteiger partial charge in [-0.05, 0) is 50.8 Å². The average molecular weight is 290 g/mol. The van der Waals surface area contributed by atoms with E-state index in [0.29, 0.717) is 5.92 Å². The molecule has 1 heterocycles. The molecule has 116 valence electrons. The highest BCUT2D eigenvalue weighted by molar-refractivity contribution is 5.75. The quantitative estimate of drug-likeness (QED) is 0.844. The van der Waals surface area contributed by atoms with Crippen molar-refractivity contribution in [1.82, 2.24) is 4.90 Å². The van der Waals surface area contributed by atoms with Crippen molar-refractivity contribution in [2.45, 2.75) is 38.8 Å². The lowest BCUT2D eigenvalue weighted by Crippen LogP contribution is -2.38. The summed E-state index contributed by atoms with van der Waals surface area (Å²) in [6.07, 6.45) is 2.96. The molecule has 0 radical (unpaired) electrons. The molecular formula is C17H26N2O2. The summed E-state index contributed by atoms with van der Waals surface area (Å²) in [6, 6.07) is 8.27. The molecule has 0 aromatic heterocycles. The SMILES string of the molecule is COC(=O)C(N)CC1CCN(Cc2ccc(C)cc2)CC1. The fourth-order valence-corrected chi connectivity index (χ4v) is 2.94. The van der Waals surface area contributed by atoms with Crippen LogP contribution in [0.1, 0.15) is 30.4 Å². The number of nitrogens with zero attached hydrogens (tertiary/aromatic N) is 1. The number of benzene rings is 1. The largest absolute Gasteiger partial charge is 0.468 e. The van der Waals surface area contributed by atoms with Crippen molar-refractivity contribution >= 4 is 5.97 Å². The van der Waals surface area contributed by atoms with E-state index in [9.17, 15) is 4.79 Å². The summed E-state index contributed by atoms with van der Waals surface area (Å²) in [7, 11) is 1.40. The fourth-order valence-electron chi connectivity index (χ4n) is 2.94. The monoisotopic (exact) mass is 290 g/mol. The second-order valence-corrected chi connectivity index (χ2v) is 6.07. The zero-order valence-corrected chi connectivity index (χ0v) is 13.0. The van der Waals surface area contributed by atoms with Gasteiger partial charge in [-0.1, -0.05) is 29.8 Å². The lowest BCUT2D eigenvalue weighted by atomic mass is 9.90. The zero-order chi connectivity index (χ0) is 15.2. The number of likely N-dealkylation sites (tertiary alicyclic amines) is 1. The van der Waals surface area contributed by atoms with Crippen molar-refractivity contribution in [3.05, 3.63) is 35.4 Å². The van der Waals surface area contributed by atoms with Crippen LogP contribution >= 0.6 is 0 Å². The van der Waals surface area contributed by atoms with Crippen LogP contribution in [-0.4, -0.2) is 37.1 Å². The molecule has 1 fully saturated rings. The van der Waals surface area contributed by atoms with Crippen LogP contribution in [0, 0.1) is 12.8 Å². The first kappa shape index (κ1) is 16.0. The Hall–Kier alpha value is -1.39. The summed E-state index contributed by atoms with van der Waals surface area (Å²) in [5.74, 6) is 0.241. The molecule has 21 heavy (non-hydrogen) atoms. The Kier molecular flexibility index (Phi) is 5.76. The Morgan fingerprint density at radius 3 is 2.52 bits per heavy atom. The van der Waals surface area contributed by atoms with Crippen LogP contribution in [0.2, 0.25) is 0 Å². The second-order valence-electron chi connectivity index (χ2n) is 6.07. The molecule has 0 saturated carbocycles. The fraction of sp³-hybridized carbons (Fsp3) is 0.588. The van der Waals surface area contributed by atoms with Gasteiger partial charge in [-0.3, -0.25) is 9.69 Å². The third-order valence-electron chi connectivity index (χ3n) is 4.33. The number of rotatable bonds is 5. The zero-order valence-electron chi connectivity index (χ0n) is 13.0. The number of nitrogens with two attached hydrogens (primary N) is 1. The second kappa shape index (κ2) is 7.57. The Morgan fingerprint density at radius 2 is 1.95 bits per heavy atom. The highest BCUT2D eigenvalue weighted by Gasteiger charge is 2.24. The van der Waals surface area contributed by atoms with Crippen LogP contribution in [0.5, 0.6) is 0 Å². The molecule has 0 bridgehead atoms. The molecule has 2 N–H and O–H groups in total. The lowest BCUT2D eigenvalue weighted by molar-refractivity contribution is -0.142. The van der Waals surface area contributed by atoms with Crippen LogP contribution in [0.4, 0.5) is 0 Å². The number of esters is 1. The van der Waals surface area contributed by atoms with Gasteiger partial charge in [0, 0.05) is 6.54 Å². The van der Waals surface area contributed by atoms with Crippen molar-refractivity contribution in [2.75, 3.05) is 20.2 Å². The van der Waals surface area contributed by atoms with Gasteiger partial charge in [0.25, 0.3) is 0 Å². The van der Waals surface area contributed by atoms with E-state index < -0.39 is 6.04 Å². The van der Waals surface area contributed by atoms with Crippen LogP contribution in [-0.2, 0) is 16.1 Å². The van der Waals surface area contributed by atoms with E-state index in [1.807, 2.05) is 0 Å². The summed E-state index contributed by atoms with van der Waals surface area (Å²) in [5, 5.41) is 0. The molecule has 1 saturated heterocycles. The molecule has 1 atom stereocenters. The number of ether oxygens (including phenoxy) is 1. The van der Waals surface area contributed by atoms with Crippen molar-refractivity contribution in [1.29, 1.82) is 0 Å². The minimum Gasteiger partial charge on any atom is -0.468 e. The summed E-state index contributed by atoms with van der Waals surface area (Å²) < 4.78 is 4.69. The molecule has 1 aliphatic rings. The van der Waals surface area contributed by atoms with Crippen molar-refractivity contribution in [2.24, 2.45) is 11.7 Å². The van der Waals surface area contributed by atoms with Gasteiger partial charge < -0.3 is 10.5 Å². The van der Waals surface area contributed by atoms with Crippen LogP contribution in [0.25, 0.3) is 0 Å². The maximum Gasteiger partial charge on any atom is 0.322 e. The summed E-state index contributed by atoms with van der Waals surface area (Å²) in [4.78, 5) is 13.8. The lowest BCUT2D eigenvalue weighted by Gasteiger charge is -2.32. The topological polar surface area (TPSA) is 55.6 Å². The molecular weight excluding hydrogens is 264 g/mol. The predicted octanol–water partition coefficient (Wildman–Crippen LogP) is 2.10. The summed E-state index contributed by atoms with van der Waals surface area (Å²) in [6.45, 7) is 5.27. The maximum absolute atomic E-state index is 11.4. The van der Waals surface area contributed by atoms with E-state index >= 15 is 0 Å². The van der Waals surface area contributed by atoms with E-state index in [1.165, 1.54) is 18.2 Å². The Balaban J connectivity index is 1.75. The van der Waals surface area contributed by atoms with Crippen molar-refractivity contribution in [3.63, 3.8) is 0 Å². The minimum atomic E-state index is -0.469. The van der Waals surface area contributed by atoms with Gasteiger partial charge in [-0.15, -0.1) is 0 Å².